The molecule has 2 aromatic heterocycles. The predicted molar refractivity (Wildman–Crippen MR) is 131 cm³/mol. The Balaban J connectivity index is 1.41. The first-order valence-electron chi connectivity index (χ1n) is 12.1. The third-order valence-corrected chi connectivity index (χ3v) is 6.42. The quantitative estimate of drug-likeness (QED) is 0.414. The van der Waals surface area contributed by atoms with E-state index in [4.69, 9.17) is 4.42 Å². The minimum Gasteiger partial charge on any atom is -0.451 e. The average molecular weight is 493 g/mol. The molecule has 1 saturated carbocycles. The van der Waals surface area contributed by atoms with Crippen LogP contribution in [0.4, 0.5) is 4.39 Å². The van der Waals surface area contributed by atoms with Gasteiger partial charge in [-0.1, -0.05) is 37.5 Å². The van der Waals surface area contributed by atoms with Crippen molar-refractivity contribution in [3.63, 3.8) is 0 Å². The van der Waals surface area contributed by atoms with Gasteiger partial charge in [0.15, 0.2) is 5.76 Å². The van der Waals surface area contributed by atoms with E-state index in [2.05, 4.69) is 20.9 Å². The zero-order valence-corrected chi connectivity index (χ0v) is 20.1. The summed E-state index contributed by atoms with van der Waals surface area (Å²) in [5.41, 5.74) is 1.71. The lowest BCUT2D eigenvalue weighted by molar-refractivity contribution is -0.124. The van der Waals surface area contributed by atoms with Crippen LogP contribution in [0.25, 0.3) is 11.3 Å². The van der Waals surface area contributed by atoms with E-state index >= 15 is 0 Å². The molecule has 0 unspecified atom stereocenters. The van der Waals surface area contributed by atoms with Crippen molar-refractivity contribution in [2.75, 3.05) is 7.05 Å². The fourth-order valence-corrected chi connectivity index (χ4v) is 4.51. The molecule has 0 aliphatic heterocycles. The first kappa shape index (κ1) is 25.1. The van der Waals surface area contributed by atoms with E-state index in [9.17, 15) is 18.8 Å². The van der Waals surface area contributed by atoms with Crippen molar-refractivity contribution in [2.24, 2.45) is 5.92 Å². The van der Waals surface area contributed by atoms with Crippen LogP contribution in [-0.2, 0) is 11.3 Å². The monoisotopic (exact) mass is 492 g/mol. The molecule has 0 saturated heterocycles. The minimum atomic E-state index is -0.720. The standard InChI is InChI=1S/C27H29FN4O4/c1-29-27(35)24(18-7-3-2-4-8-18)32-26(34)22-11-10-21(36-22)19-9-5-6-17(14-19)16-31-25(33)20-12-13-30-23(28)15-20/h5-6,9-15,18,24H,2-4,7-8,16H2,1H3,(H,29,35)(H,31,33)(H,32,34)/t24-/m0/s1. The van der Waals surface area contributed by atoms with E-state index < -0.39 is 23.8 Å². The van der Waals surface area contributed by atoms with Gasteiger partial charge in [0.2, 0.25) is 11.9 Å². The molecule has 0 radical (unpaired) electrons. The number of aromatic nitrogens is 1. The number of pyridine rings is 1. The molecule has 0 spiro atoms. The van der Waals surface area contributed by atoms with Crippen molar-refractivity contribution < 1.29 is 23.2 Å². The molecule has 2 heterocycles. The van der Waals surface area contributed by atoms with Gasteiger partial charge in [0.05, 0.1) is 0 Å². The smallest absolute Gasteiger partial charge is 0.287 e. The Morgan fingerprint density at radius 3 is 2.61 bits per heavy atom. The number of hydrogen-bond donors (Lipinski definition) is 3. The van der Waals surface area contributed by atoms with E-state index in [0.29, 0.717) is 5.76 Å². The molecule has 8 nitrogen and oxygen atoms in total. The van der Waals surface area contributed by atoms with Crippen LogP contribution >= 0.6 is 0 Å². The fourth-order valence-electron chi connectivity index (χ4n) is 4.51. The molecule has 36 heavy (non-hydrogen) atoms. The molecular weight excluding hydrogens is 463 g/mol. The molecule has 3 N–H and O–H groups in total. The van der Waals surface area contributed by atoms with Crippen molar-refractivity contribution in [2.45, 2.75) is 44.7 Å². The lowest BCUT2D eigenvalue weighted by atomic mass is 9.83. The number of nitrogens with one attached hydrogen (secondary N) is 3. The Labute approximate surface area is 208 Å². The molecular formula is C27H29FN4O4. The van der Waals surface area contributed by atoms with Crippen molar-refractivity contribution in [3.05, 3.63) is 77.6 Å². The fraction of sp³-hybridized carbons (Fsp3) is 0.333. The molecule has 1 aliphatic carbocycles. The lowest BCUT2D eigenvalue weighted by Crippen LogP contribution is -2.50. The number of likely N-dealkylation sites (N-methyl/N-ethyl adjacent to an activating group) is 1. The van der Waals surface area contributed by atoms with Gasteiger partial charge in [0, 0.05) is 37.0 Å². The highest BCUT2D eigenvalue weighted by molar-refractivity contribution is 5.96. The molecule has 0 bridgehead atoms. The van der Waals surface area contributed by atoms with Crippen molar-refractivity contribution in [1.82, 2.24) is 20.9 Å². The number of carbonyl (C=O) groups is 3. The summed E-state index contributed by atoms with van der Waals surface area (Å²) >= 11 is 0. The minimum absolute atomic E-state index is 0.104. The molecule has 1 aliphatic rings. The van der Waals surface area contributed by atoms with Crippen LogP contribution in [0.2, 0.25) is 0 Å². The maximum absolute atomic E-state index is 13.3. The van der Waals surface area contributed by atoms with Gasteiger partial charge in [0.25, 0.3) is 11.8 Å². The highest BCUT2D eigenvalue weighted by Gasteiger charge is 2.31. The number of nitrogens with zero attached hydrogens (tertiary/aromatic N) is 1. The number of hydrogen-bond acceptors (Lipinski definition) is 5. The average Bonchev–Trinajstić information content (AvgIpc) is 3.41. The first-order chi connectivity index (χ1) is 17.4. The van der Waals surface area contributed by atoms with Crippen molar-refractivity contribution in [1.29, 1.82) is 0 Å². The molecule has 188 valence electrons. The SMILES string of the molecule is CNC(=O)[C@@H](NC(=O)c1ccc(-c2cccc(CNC(=O)c3ccnc(F)c3)c2)o1)C1CCCCC1. The second-order valence-electron chi connectivity index (χ2n) is 8.88. The molecule has 4 rings (SSSR count). The van der Waals surface area contributed by atoms with E-state index in [1.165, 1.54) is 12.3 Å². The van der Waals surface area contributed by atoms with Crippen molar-refractivity contribution >= 4 is 17.7 Å². The Hall–Kier alpha value is -4.01. The van der Waals surface area contributed by atoms with Crippen LogP contribution in [0.3, 0.4) is 0 Å². The van der Waals surface area contributed by atoms with E-state index in [1.807, 2.05) is 24.3 Å². The van der Waals surface area contributed by atoms with Crippen LogP contribution in [-0.4, -0.2) is 35.8 Å². The molecule has 1 aromatic carbocycles. The maximum atomic E-state index is 13.3. The molecule has 1 atom stereocenters. The summed E-state index contributed by atoms with van der Waals surface area (Å²) in [6.07, 6.45) is 6.30. The van der Waals surface area contributed by atoms with Crippen LogP contribution in [0.15, 0.2) is 59.1 Å². The summed E-state index contributed by atoms with van der Waals surface area (Å²) in [7, 11) is 1.57. The lowest BCUT2D eigenvalue weighted by Gasteiger charge is -2.29. The van der Waals surface area contributed by atoms with E-state index in [1.54, 1.807) is 19.2 Å². The summed E-state index contributed by atoms with van der Waals surface area (Å²) in [6, 6.07) is 12.5. The Bertz CT molecular complexity index is 1240. The Morgan fingerprint density at radius 1 is 1.06 bits per heavy atom. The van der Waals surface area contributed by atoms with Gasteiger partial charge in [-0.2, -0.15) is 4.39 Å². The number of halogens is 1. The van der Waals surface area contributed by atoms with Gasteiger partial charge in [-0.25, -0.2) is 4.98 Å². The summed E-state index contributed by atoms with van der Waals surface area (Å²) in [5, 5.41) is 8.26. The third kappa shape index (κ3) is 6.16. The van der Waals surface area contributed by atoms with E-state index in [0.717, 1.165) is 49.3 Å². The number of benzene rings is 1. The molecule has 3 amide bonds. The molecule has 1 fully saturated rings. The van der Waals surface area contributed by atoms with Gasteiger partial charge in [-0.3, -0.25) is 14.4 Å². The summed E-state index contributed by atoms with van der Waals surface area (Å²) in [6.45, 7) is 0.222. The van der Waals surface area contributed by atoms with Gasteiger partial charge in [-0.15, -0.1) is 0 Å². The second kappa shape index (κ2) is 11.6. The summed E-state index contributed by atoms with van der Waals surface area (Å²) < 4.78 is 19.1. The second-order valence-corrected chi connectivity index (χ2v) is 8.88. The Kier molecular flexibility index (Phi) is 8.10. The van der Waals surface area contributed by atoms with Gasteiger partial charge >= 0.3 is 0 Å². The van der Waals surface area contributed by atoms with Crippen LogP contribution in [0, 0.1) is 11.9 Å². The van der Waals surface area contributed by atoms with Crippen LogP contribution in [0.1, 0.15) is 58.6 Å². The summed E-state index contributed by atoms with van der Waals surface area (Å²) in [4.78, 5) is 41.1. The predicted octanol–water partition coefficient (Wildman–Crippen LogP) is 3.84. The topological polar surface area (TPSA) is 113 Å². The van der Waals surface area contributed by atoms with Crippen LogP contribution < -0.4 is 16.0 Å². The maximum Gasteiger partial charge on any atom is 0.287 e. The summed E-state index contributed by atoms with van der Waals surface area (Å²) in [5.74, 6) is -1.07. The highest BCUT2D eigenvalue weighted by Crippen LogP contribution is 2.28. The number of rotatable bonds is 8. The van der Waals surface area contributed by atoms with Gasteiger partial charge in [-0.05, 0) is 48.6 Å². The number of amides is 3. The van der Waals surface area contributed by atoms with E-state index in [-0.39, 0.29) is 29.7 Å². The Morgan fingerprint density at radius 2 is 1.86 bits per heavy atom. The normalized spacial score (nSPS) is 14.6. The number of furan rings is 1. The number of carbonyl (C=O) groups excluding carboxylic acids is 3. The molecule has 9 heteroatoms. The largest absolute Gasteiger partial charge is 0.451 e. The van der Waals surface area contributed by atoms with Crippen LogP contribution in [0.5, 0.6) is 0 Å². The van der Waals surface area contributed by atoms with Crippen molar-refractivity contribution in [3.8, 4) is 11.3 Å². The zero-order chi connectivity index (χ0) is 25.5. The van der Waals surface area contributed by atoms with Gasteiger partial charge in [0.1, 0.15) is 11.8 Å². The third-order valence-electron chi connectivity index (χ3n) is 6.42. The first-order valence-corrected chi connectivity index (χ1v) is 12.1. The highest BCUT2D eigenvalue weighted by atomic mass is 19.1. The molecule has 3 aromatic rings. The zero-order valence-electron chi connectivity index (χ0n) is 20.1. The van der Waals surface area contributed by atoms with Gasteiger partial charge < -0.3 is 20.4 Å².